The van der Waals surface area contributed by atoms with Crippen LogP contribution in [0.3, 0.4) is 0 Å². The number of carbonyl (C=O) groups excluding carboxylic acids is 3. The number of halogens is 1. The van der Waals surface area contributed by atoms with E-state index in [1.165, 1.54) is 11.0 Å². The number of rotatable bonds is 7. The maximum absolute atomic E-state index is 15.5. The Hall–Kier alpha value is -4.55. The van der Waals surface area contributed by atoms with Gasteiger partial charge in [-0.25, -0.2) is 14.2 Å². The molecule has 4 aromatic rings. The van der Waals surface area contributed by atoms with Gasteiger partial charge in [-0.05, 0) is 50.1 Å². The van der Waals surface area contributed by atoms with Crippen molar-refractivity contribution in [1.29, 1.82) is 0 Å². The van der Waals surface area contributed by atoms with Crippen molar-refractivity contribution < 1.29 is 28.6 Å². The summed E-state index contributed by atoms with van der Waals surface area (Å²) in [5.74, 6) is -0.597. The van der Waals surface area contributed by atoms with E-state index in [1.54, 1.807) is 54.4 Å². The van der Waals surface area contributed by atoms with Crippen molar-refractivity contribution in [3.8, 4) is 11.5 Å². The number of ether oxygens (including phenoxy) is 1. The number of hydrogen-bond acceptors (Lipinski definition) is 7. The summed E-state index contributed by atoms with van der Waals surface area (Å²) in [5, 5.41) is 15.5. The lowest BCUT2D eigenvalue weighted by Crippen LogP contribution is -2.49. The molecule has 1 atom stereocenters. The highest BCUT2D eigenvalue weighted by atomic mass is 32.1. The molecule has 2 aromatic carbocycles. The second-order valence-electron chi connectivity index (χ2n) is 10.1. The molecule has 2 aliphatic heterocycles. The maximum atomic E-state index is 15.5. The number of nitrogens with one attached hydrogen (secondary N) is 2. The van der Waals surface area contributed by atoms with Gasteiger partial charge in [-0.3, -0.25) is 14.5 Å². The molecule has 2 aromatic heterocycles. The van der Waals surface area contributed by atoms with Crippen LogP contribution in [0.2, 0.25) is 0 Å². The number of benzene rings is 2. The van der Waals surface area contributed by atoms with Crippen molar-refractivity contribution in [2.45, 2.75) is 32.2 Å². The maximum Gasteiger partial charge on any atom is 0.331 e. The number of nitrogens with zero attached hydrogens (tertiary/aromatic N) is 3. The zero-order valence-electron chi connectivity index (χ0n) is 22.7. The summed E-state index contributed by atoms with van der Waals surface area (Å²) >= 11 is 1.15. The summed E-state index contributed by atoms with van der Waals surface area (Å²) in [6.45, 7) is 2.29. The van der Waals surface area contributed by atoms with E-state index < -0.39 is 11.8 Å². The van der Waals surface area contributed by atoms with Crippen LogP contribution in [-0.4, -0.2) is 58.6 Å². The molecule has 0 saturated carbocycles. The third kappa shape index (κ3) is 5.03. The number of anilines is 3. The van der Waals surface area contributed by atoms with Gasteiger partial charge in [0.25, 0.3) is 5.91 Å². The number of aromatic nitrogens is 1. The lowest BCUT2D eigenvalue weighted by atomic mass is 10.0. The van der Waals surface area contributed by atoms with Crippen LogP contribution in [0, 0.1) is 12.7 Å². The Labute approximate surface area is 244 Å². The van der Waals surface area contributed by atoms with Crippen molar-refractivity contribution in [2.75, 3.05) is 29.9 Å². The molecule has 2 aliphatic rings. The Morgan fingerprint density at radius 1 is 1.19 bits per heavy atom. The van der Waals surface area contributed by atoms with E-state index in [2.05, 4.69) is 15.6 Å². The van der Waals surface area contributed by atoms with Crippen molar-refractivity contribution in [3.63, 3.8) is 0 Å². The van der Waals surface area contributed by atoms with E-state index in [-0.39, 0.29) is 42.2 Å². The number of piperidine rings is 1. The topological polar surface area (TPSA) is 124 Å². The number of likely N-dealkylation sites (tertiary alicyclic amines) is 1. The Bertz CT molecular complexity index is 1690. The van der Waals surface area contributed by atoms with Crippen molar-refractivity contribution in [1.82, 2.24) is 15.2 Å². The van der Waals surface area contributed by atoms with Crippen LogP contribution in [0.15, 0.2) is 54.7 Å². The van der Waals surface area contributed by atoms with E-state index in [0.717, 1.165) is 17.8 Å². The van der Waals surface area contributed by atoms with Gasteiger partial charge < -0.3 is 25.4 Å². The molecule has 0 unspecified atom stereocenters. The average molecular weight is 590 g/mol. The van der Waals surface area contributed by atoms with Gasteiger partial charge >= 0.3 is 6.03 Å². The first-order valence-electron chi connectivity index (χ1n) is 13.6. The molecule has 1 saturated heterocycles. The fraction of sp³-hybridized carbons (Fsp3) is 0.267. The van der Waals surface area contributed by atoms with Gasteiger partial charge in [-0.2, -0.15) is 0 Å². The molecule has 0 bridgehead atoms. The smallest absolute Gasteiger partial charge is 0.331 e. The predicted octanol–water partition coefficient (Wildman–Crippen LogP) is 5.32. The number of para-hydroxylation sites is 1. The van der Waals surface area contributed by atoms with Crippen LogP contribution >= 0.6 is 11.3 Å². The molecular weight excluding hydrogens is 561 g/mol. The van der Waals surface area contributed by atoms with Gasteiger partial charge in [0.15, 0.2) is 11.6 Å². The van der Waals surface area contributed by atoms with Crippen LogP contribution in [0.25, 0.3) is 10.2 Å². The molecule has 12 heteroatoms. The lowest BCUT2D eigenvalue weighted by Gasteiger charge is -2.33. The van der Waals surface area contributed by atoms with E-state index >= 15 is 4.39 Å². The quantitative estimate of drug-likeness (QED) is 0.268. The first kappa shape index (κ1) is 27.6. The van der Waals surface area contributed by atoms with Gasteiger partial charge in [0.05, 0.1) is 29.1 Å². The van der Waals surface area contributed by atoms with Crippen molar-refractivity contribution in [3.05, 3.63) is 71.0 Å². The van der Waals surface area contributed by atoms with Gasteiger partial charge in [0.1, 0.15) is 15.5 Å². The Kier molecular flexibility index (Phi) is 7.48. The Morgan fingerprint density at radius 2 is 2.00 bits per heavy atom. The van der Waals surface area contributed by atoms with E-state index in [4.69, 9.17) is 9.84 Å². The molecule has 216 valence electrons. The minimum Gasteiger partial charge on any atom is -0.454 e. The monoisotopic (exact) mass is 589 g/mol. The van der Waals surface area contributed by atoms with Gasteiger partial charge in [0.2, 0.25) is 5.91 Å². The Balaban J connectivity index is 1.29. The summed E-state index contributed by atoms with van der Waals surface area (Å²) in [5.41, 5.74) is 1.38. The Morgan fingerprint density at radius 3 is 2.79 bits per heavy atom. The van der Waals surface area contributed by atoms with E-state index in [0.29, 0.717) is 57.4 Å². The van der Waals surface area contributed by atoms with Gasteiger partial charge in [-0.15, -0.1) is 11.3 Å². The van der Waals surface area contributed by atoms with Crippen LogP contribution in [0.5, 0.6) is 11.5 Å². The highest BCUT2D eigenvalue weighted by Gasteiger charge is 2.35. The highest BCUT2D eigenvalue weighted by molar-refractivity contribution is 7.21. The fourth-order valence-corrected chi connectivity index (χ4v) is 6.42. The number of aliphatic hydroxyl groups is 1. The summed E-state index contributed by atoms with van der Waals surface area (Å²) in [6, 6.07) is 12.8. The van der Waals surface area contributed by atoms with Gasteiger partial charge in [-0.1, -0.05) is 18.2 Å². The second-order valence-corrected chi connectivity index (χ2v) is 11.1. The molecular formula is C30H28FN5O5S. The van der Waals surface area contributed by atoms with Crippen LogP contribution in [-0.2, 0) is 4.79 Å². The molecule has 4 heterocycles. The number of aliphatic hydroxyl groups excluding tert-OH is 1. The lowest BCUT2D eigenvalue weighted by molar-refractivity contribution is -0.133. The zero-order chi connectivity index (χ0) is 29.4. The molecule has 6 rings (SSSR count). The number of hydrogen-bond donors (Lipinski definition) is 3. The predicted molar refractivity (Wildman–Crippen MR) is 157 cm³/mol. The highest BCUT2D eigenvalue weighted by Crippen LogP contribution is 2.47. The first-order chi connectivity index (χ1) is 20.4. The number of thiophene rings is 1. The zero-order valence-corrected chi connectivity index (χ0v) is 23.5. The minimum atomic E-state index is -0.593. The van der Waals surface area contributed by atoms with E-state index in [9.17, 15) is 14.4 Å². The molecule has 4 amide bonds. The summed E-state index contributed by atoms with van der Waals surface area (Å²) in [4.78, 5) is 47.5. The summed E-state index contributed by atoms with van der Waals surface area (Å²) < 4.78 is 21.2. The number of carbonyl (C=O) groups is 3. The van der Waals surface area contributed by atoms with Crippen LogP contribution < -0.4 is 20.3 Å². The molecule has 0 aliphatic carbocycles. The average Bonchev–Trinajstić information content (AvgIpc) is 3.36. The number of urea groups is 1. The normalized spacial score (nSPS) is 16.4. The van der Waals surface area contributed by atoms with Gasteiger partial charge in [0, 0.05) is 37.3 Å². The molecule has 42 heavy (non-hydrogen) atoms. The van der Waals surface area contributed by atoms with E-state index in [1.807, 2.05) is 6.07 Å². The number of pyridine rings is 1. The van der Waals surface area contributed by atoms with Crippen LogP contribution in [0.4, 0.5) is 26.2 Å². The minimum absolute atomic E-state index is 0.0364. The summed E-state index contributed by atoms with van der Waals surface area (Å²) in [6.07, 6.45) is 3.02. The SMILES string of the molecule is Cc1c(N2C(=O)Nc3c(C(=O)N[C@@H]4CCCN(C(=O)CCO)C4)sc4nccc2c34)ccc(Oc2ccccc2)c1F. The first-order valence-corrected chi connectivity index (χ1v) is 14.4. The fourth-order valence-electron chi connectivity index (χ4n) is 5.40. The molecule has 10 nitrogen and oxygen atoms in total. The standard InChI is InChI=1S/C30H28FN5O5S/c1-17-20(9-10-22(25(17)31)41-19-7-3-2-4-8-19)36-21-11-13-32-29-24(21)26(34-30(36)40)27(42-29)28(39)33-18-6-5-14-35(16-18)23(38)12-15-37/h2-4,7-11,13,18,37H,5-6,12,14-16H2,1H3,(H,33,39)(H,34,40)/t18-/m1/s1. The summed E-state index contributed by atoms with van der Waals surface area (Å²) in [7, 11) is 0. The third-order valence-electron chi connectivity index (χ3n) is 7.42. The molecule has 0 spiro atoms. The molecule has 3 N–H and O–H groups in total. The van der Waals surface area contributed by atoms with Crippen molar-refractivity contribution >= 4 is 56.5 Å². The molecule has 1 fully saturated rings. The van der Waals surface area contributed by atoms with Crippen LogP contribution in [0.1, 0.15) is 34.5 Å². The van der Waals surface area contributed by atoms with Crippen molar-refractivity contribution in [2.24, 2.45) is 0 Å². The largest absolute Gasteiger partial charge is 0.454 e. The second kappa shape index (κ2) is 11.4. The third-order valence-corrected chi connectivity index (χ3v) is 8.52. The molecule has 0 radical (unpaired) electrons. The number of amides is 4.